The smallest absolute Gasteiger partial charge is 0.181 e. The molecule has 0 atom stereocenters. The van der Waals surface area contributed by atoms with Gasteiger partial charge < -0.3 is 4.57 Å². The SMILES string of the molecule is ONc1ncnc2c1ncn2C(c1ccccc1)c1ccccc1. The van der Waals surface area contributed by atoms with Crippen molar-refractivity contribution in [3.63, 3.8) is 0 Å². The maximum Gasteiger partial charge on any atom is 0.181 e. The van der Waals surface area contributed by atoms with Gasteiger partial charge in [0.2, 0.25) is 0 Å². The summed E-state index contributed by atoms with van der Waals surface area (Å²) in [6, 6.07) is 20.3. The Morgan fingerprint density at radius 2 is 1.46 bits per heavy atom. The first-order chi connectivity index (χ1) is 11.9. The van der Waals surface area contributed by atoms with Crippen molar-refractivity contribution in [3.05, 3.63) is 84.4 Å². The van der Waals surface area contributed by atoms with Gasteiger partial charge in [0.25, 0.3) is 0 Å². The Kier molecular flexibility index (Phi) is 3.64. The molecule has 24 heavy (non-hydrogen) atoms. The molecule has 2 N–H and O–H groups in total. The summed E-state index contributed by atoms with van der Waals surface area (Å²) in [5.41, 5.74) is 5.50. The predicted octanol–water partition coefficient (Wildman–Crippen LogP) is 3.27. The summed E-state index contributed by atoms with van der Waals surface area (Å²) in [4.78, 5) is 12.7. The van der Waals surface area contributed by atoms with Crippen LogP contribution in [-0.2, 0) is 0 Å². The molecule has 6 heteroatoms. The highest BCUT2D eigenvalue weighted by Gasteiger charge is 2.20. The molecule has 0 fully saturated rings. The molecule has 0 unspecified atom stereocenters. The molecular weight excluding hydrogens is 302 g/mol. The van der Waals surface area contributed by atoms with Crippen LogP contribution >= 0.6 is 0 Å². The van der Waals surface area contributed by atoms with E-state index in [-0.39, 0.29) is 6.04 Å². The minimum absolute atomic E-state index is 0.0705. The van der Waals surface area contributed by atoms with Gasteiger partial charge in [0.1, 0.15) is 6.33 Å². The van der Waals surface area contributed by atoms with Crippen LogP contribution in [0.2, 0.25) is 0 Å². The van der Waals surface area contributed by atoms with Crippen molar-refractivity contribution in [2.24, 2.45) is 0 Å². The summed E-state index contributed by atoms with van der Waals surface area (Å²) in [7, 11) is 0. The van der Waals surface area contributed by atoms with Gasteiger partial charge in [0.15, 0.2) is 17.0 Å². The summed E-state index contributed by atoms with van der Waals surface area (Å²) >= 11 is 0. The summed E-state index contributed by atoms with van der Waals surface area (Å²) in [6.07, 6.45) is 3.14. The predicted molar refractivity (Wildman–Crippen MR) is 90.9 cm³/mol. The van der Waals surface area contributed by atoms with Crippen molar-refractivity contribution in [2.45, 2.75) is 6.04 Å². The number of rotatable bonds is 4. The fourth-order valence-electron chi connectivity index (χ4n) is 2.91. The lowest BCUT2D eigenvalue weighted by molar-refractivity contribution is 0.386. The Balaban J connectivity index is 1.95. The lowest BCUT2D eigenvalue weighted by Crippen LogP contribution is -2.12. The number of benzene rings is 2. The fraction of sp³-hybridized carbons (Fsp3) is 0.0556. The van der Waals surface area contributed by atoms with Crippen LogP contribution in [0, 0.1) is 0 Å². The average Bonchev–Trinajstić information content (AvgIpc) is 3.08. The maximum absolute atomic E-state index is 9.23. The van der Waals surface area contributed by atoms with Gasteiger partial charge in [-0.05, 0) is 11.1 Å². The van der Waals surface area contributed by atoms with E-state index in [9.17, 15) is 5.21 Å². The standard InChI is InChI=1S/C18H15N5O/c24-22-17-15-18(20-11-19-17)23(12-21-15)16(13-7-3-1-4-8-13)14-9-5-2-6-10-14/h1-12,16,24H,(H,19,20,22). The Hall–Kier alpha value is -3.25. The van der Waals surface area contributed by atoms with Gasteiger partial charge in [0.05, 0.1) is 12.4 Å². The normalized spacial score (nSPS) is 11.1. The van der Waals surface area contributed by atoms with Gasteiger partial charge >= 0.3 is 0 Å². The average molecular weight is 317 g/mol. The Morgan fingerprint density at radius 1 is 0.833 bits per heavy atom. The van der Waals surface area contributed by atoms with Crippen LogP contribution in [0.4, 0.5) is 5.82 Å². The summed E-state index contributed by atoms with van der Waals surface area (Å²) < 4.78 is 1.99. The fourth-order valence-corrected chi connectivity index (χ4v) is 2.91. The maximum atomic E-state index is 9.23. The highest BCUT2D eigenvalue weighted by molar-refractivity contribution is 5.82. The molecule has 118 valence electrons. The molecule has 2 aromatic heterocycles. The highest BCUT2D eigenvalue weighted by Crippen LogP contribution is 2.30. The first-order valence-corrected chi connectivity index (χ1v) is 7.56. The van der Waals surface area contributed by atoms with E-state index in [1.54, 1.807) is 6.33 Å². The van der Waals surface area contributed by atoms with Crippen LogP contribution in [0.1, 0.15) is 17.2 Å². The quantitative estimate of drug-likeness (QED) is 0.565. The number of aromatic nitrogens is 4. The van der Waals surface area contributed by atoms with Crippen molar-refractivity contribution < 1.29 is 5.21 Å². The van der Waals surface area contributed by atoms with Crippen molar-refractivity contribution in [3.8, 4) is 0 Å². The van der Waals surface area contributed by atoms with E-state index in [4.69, 9.17) is 0 Å². The molecule has 2 heterocycles. The van der Waals surface area contributed by atoms with Crippen LogP contribution < -0.4 is 5.48 Å². The van der Waals surface area contributed by atoms with Crippen LogP contribution in [0.15, 0.2) is 73.3 Å². The molecule has 0 spiro atoms. The van der Waals surface area contributed by atoms with E-state index in [1.165, 1.54) is 6.33 Å². The molecule has 0 saturated heterocycles. The zero-order valence-corrected chi connectivity index (χ0v) is 12.7. The zero-order chi connectivity index (χ0) is 16.4. The van der Waals surface area contributed by atoms with Gasteiger partial charge in [-0.25, -0.2) is 15.0 Å². The van der Waals surface area contributed by atoms with Gasteiger partial charge in [0, 0.05) is 0 Å². The molecule has 4 aromatic rings. The molecule has 4 rings (SSSR count). The number of nitrogens with one attached hydrogen (secondary N) is 1. The number of hydrogen-bond donors (Lipinski definition) is 2. The minimum atomic E-state index is -0.0705. The first-order valence-electron chi connectivity index (χ1n) is 7.56. The highest BCUT2D eigenvalue weighted by atomic mass is 16.5. The zero-order valence-electron chi connectivity index (χ0n) is 12.7. The van der Waals surface area contributed by atoms with Crippen molar-refractivity contribution >= 4 is 17.0 Å². The van der Waals surface area contributed by atoms with E-state index in [0.29, 0.717) is 17.0 Å². The summed E-state index contributed by atoms with van der Waals surface area (Å²) in [5, 5.41) is 9.23. The van der Waals surface area contributed by atoms with Crippen LogP contribution in [-0.4, -0.2) is 24.7 Å². The van der Waals surface area contributed by atoms with Gasteiger partial charge in [-0.15, -0.1) is 0 Å². The van der Waals surface area contributed by atoms with E-state index in [2.05, 4.69) is 44.7 Å². The second kappa shape index (κ2) is 6.10. The molecule has 0 radical (unpaired) electrons. The molecule has 0 aliphatic rings. The Bertz CT molecular complexity index is 913. The molecule has 2 aromatic carbocycles. The summed E-state index contributed by atoms with van der Waals surface area (Å²) in [5.74, 6) is 0.290. The third-order valence-electron chi connectivity index (χ3n) is 3.97. The lowest BCUT2D eigenvalue weighted by Gasteiger charge is -2.20. The second-order valence-electron chi connectivity index (χ2n) is 5.38. The third kappa shape index (κ3) is 2.39. The van der Waals surface area contributed by atoms with E-state index >= 15 is 0 Å². The van der Waals surface area contributed by atoms with Gasteiger partial charge in [-0.3, -0.25) is 10.7 Å². The molecule has 0 bridgehead atoms. The number of anilines is 1. The molecule has 6 nitrogen and oxygen atoms in total. The second-order valence-corrected chi connectivity index (χ2v) is 5.38. The topological polar surface area (TPSA) is 75.9 Å². The molecule has 0 amide bonds. The number of imidazole rings is 1. The molecule has 0 saturated carbocycles. The third-order valence-corrected chi connectivity index (χ3v) is 3.97. The number of fused-ring (bicyclic) bond motifs is 1. The van der Waals surface area contributed by atoms with Gasteiger partial charge in [-0.1, -0.05) is 60.7 Å². The number of nitrogens with zero attached hydrogens (tertiary/aromatic N) is 4. The van der Waals surface area contributed by atoms with Gasteiger partial charge in [-0.2, -0.15) is 0 Å². The Labute approximate surface area is 138 Å². The van der Waals surface area contributed by atoms with E-state index in [1.807, 2.05) is 41.0 Å². The monoisotopic (exact) mass is 317 g/mol. The largest absolute Gasteiger partial charge is 0.303 e. The minimum Gasteiger partial charge on any atom is -0.303 e. The van der Waals surface area contributed by atoms with Crippen LogP contribution in [0.3, 0.4) is 0 Å². The molecule has 0 aliphatic carbocycles. The van der Waals surface area contributed by atoms with Crippen LogP contribution in [0.25, 0.3) is 11.2 Å². The lowest BCUT2D eigenvalue weighted by atomic mass is 9.98. The van der Waals surface area contributed by atoms with Crippen molar-refractivity contribution in [2.75, 3.05) is 5.48 Å². The van der Waals surface area contributed by atoms with E-state index in [0.717, 1.165) is 11.1 Å². The summed E-state index contributed by atoms with van der Waals surface area (Å²) in [6.45, 7) is 0. The van der Waals surface area contributed by atoms with Crippen molar-refractivity contribution in [1.29, 1.82) is 0 Å². The van der Waals surface area contributed by atoms with Crippen LogP contribution in [0.5, 0.6) is 0 Å². The van der Waals surface area contributed by atoms with E-state index < -0.39 is 0 Å². The number of hydrogen-bond acceptors (Lipinski definition) is 5. The first kappa shape index (κ1) is 14.3. The molecular formula is C18H15N5O. The van der Waals surface area contributed by atoms with Crippen molar-refractivity contribution in [1.82, 2.24) is 19.5 Å². The molecule has 0 aliphatic heterocycles. The Morgan fingerprint density at radius 3 is 2.04 bits per heavy atom.